The zero-order chi connectivity index (χ0) is 29.8. The number of hydrazone groups is 2. The van der Waals surface area contributed by atoms with Gasteiger partial charge in [-0.25, -0.2) is 20.0 Å². The quantitative estimate of drug-likeness (QED) is 0.165. The van der Waals surface area contributed by atoms with Crippen molar-refractivity contribution in [1.82, 2.24) is 19.9 Å². The lowest BCUT2D eigenvalue weighted by Gasteiger charge is -2.24. The number of benzene rings is 1. The summed E-state index contributed by atoms with van der Waals surface area (Å²) in [5.74, 6) is 1.71. The Kier molecular flexibility index (Phi) is 10.2. The van der Waals surface area contributed by atoms with Gasteiger partial charge in [-0.15, -0.1) is 0 Å². The van der Waals surface area contributed by atoms with Gasteiger partial charge < -0.3 is 18.9 Å². The van der Waals surface area contributed by atoms with Crippen molar-refractivity contribution in [2.75, 3.05) is 49.5 Å². The number of pyridine rings is 2. The zero-order valence-corrected chi connectivity index (χ0v) is 24.3. The summed E-state index contributed by atoms with van der Waals surface area (Å²) in [6, 6.07) is 23.1. The second kappa shape index (κ2) is 15.2. The fourth-order valence-electron chi connectivity index (χ4n) is 4.63. The summed E-state index contributed by atoms with van der Waals surface area (Å²) in [5.41, 5.74) is 2.31. The molecule has 2 saturated heterocycles. The van der Waals surface area contributed by atoms with Crippen LogP contribution in [0.1, 0.15) is 24.2 Å². The van der Waals surface area contributed by atoms with Gasteiger partial charge in [0, 0.05) is 50.0 Å². The van der Waals surface area contributed by atoms with Gasteiger partial charge >= 0.3 is 0 Å². The van der Waals surface area contributed by atoms with E-state index in [1.807, 2.05) is 82.8 Å². The van der Waals surface area contributed by atoms with Gasteiger partial charge in [0.25, 0.3) is 0 Å². The van der Waals surface area contributed by atoms with Crippen molar-refractivity contribution in [2.24, 2.45) is 10.2 Å². The Bertz CT molecular complexity index is 1410. The van der Waals surface area contributed by atoms with E-state index in [0.29, 0.717) is 69.8 Å². The Labute approximate surface area is 256 Å². The van der Waals surface area contributed by atoms with Crippen LogP contribution < -0.4 is 10.0 Å². The van der Waals surface area contributed by atoms with Gasteiger partial charge in [0.2, 0.25) is 0 Å². The summed E-state index contributed by atoms with van der Waals surface area (Å²) in [5, 5.41) is 13.2. The van der Waals surface area contributed by atoms with Gasteiger partial charge in [0.1, 0.15) is 0 Å². The molecule has 2 fully saturated rings. The lowest BCUT2D eigenvalue weighted by molar-refractivity contribution is -0.0451. The predicted octanol–water partition coefficient (Wildman–Crippen LogP) is 4.14. The molecule has 226 valence electrons. The summed E-state index contributed by atoms with van der Waals surface area (Å²) >= 11 is 0. The van der Waals surface area contributed by atoms with E-state index >= 15 is 0 Å². The Morgan fingerprint density at radius 2 is 1.11 bits per heavy atom. The molecule has 0 unspecified atom stereocenters. The van der Waals surface area contributed by atoms with E-state index in [2.05, 4.69) is 9.97 Å². The molecule has 6 rings (SSSR count). The molecule has 0 aliphatic carbocycles. The number of hydrogen-bond donors (Lipinski definition) is 0. The summed E-state index contributed by atoms with van der Waals surface area (Å²) < 4.78 is 22.8. The van der Waals surface area contributed by atoms with Crippen molar-refractivity contribution < 1.29 is 18.9 Å². The molecular formula is C32H34N8O4. The normalized spacial score (nSPS) is 15.9. The van der Waals surface area contributed by atoms with Gasteiger partial charge in [-0.05, 0) is 24.3 Å². The first kappa shape index (κ1) is 29.5. The third kappa shape index (κ3) is 8.26. The molecule has 12 heteroatoms. The van der Waals surface area contributed by atoms with Gasteiger partial charge in [-0.2, -0.15) is 10.2 Å². The molecule has 0 radical (unpaired) electrons. The lowest BCUT2D eigenvalue weighted by Crippen LogP contribution is -2.27. The van der Waals surface area contributed by atoms with E-state index in [9.17, 15) is 0 Å². The number of aromatic nitrogens is 4. The molecule has 44 heavy (non-hydrogen) atoms. The first-order valence-electron chi connectivity index (χ1n) is 14.7. The van der Waals surface area contributed by atoms with Gasteiger partial charge in [0.05, 0.1) is 50.2 Å². The fraction of sp³-hybridized carbons (Fsp3) is 0.312. The molecule has 5 heterocycles. The minimum Gasteiger partial charge on any atom is -0.350 e. The monoisotopic (exact) mass is 594 g/mol. The standard InChI is InChI=1S/C32H34N8O4/c1-2-8-25(9-3-1)32-37-28(39(16-12-30-41-18-19-42-30)35-23-26-10-4-6-14-33-26)22-29(38-32)40(17-13-31-43-20-21-44-31)36-24-27-11-5-7-15-34-27/h1-11,14-15,22-24,30-31H,12-13,16-21H2/b35-23+,36-24+. The highest BCUT2D eigenvalue weighted by Gasteiger charge is 2.22. The molecule has 0 bridgehead atoms. The number of ether oxygens (including phenoxy) is 4. The topological polar surface area (TPSA) is 120 Å². The van der Waals surface area contributed by atoms with E-state index in [4.69, 9.17) is 39.1 Å². The fourth-order valence-corrected chi connectivity index (χ4v) is 4.63. The number of hydrogen-bond acceptors (Lipinski definition) is 12. The molecule has 1 aromatic carbocycles. The van der Waals surface area contributed by atoms with Gasteiger partial charge in [-0.3, -0.25) is 9.97 Å². The SMILES string of the molecule is C(=N\N(CCC1OCCO1)c1cc(N(CCC2OCCO2)/N=C/c2ccccn2)nc(-c2ccccc2)n1)/c1ccccn1. The largest absolute Gasteiger partial charge is 0.350 e. The van der Waals surface area contributed by atoms with Crippen LogP contribution in [0.25, 0.3) is 11.4 Å². The average molecular weight is 595 g/mol. The van der Waals surface area contributed by atoms with Gasteiger partial charge in [-0.1, -0.05) is 42.5 Å². The highest BCUT2D eigenvalue weighted by Crippen LogP contribution is 2.27. The van der Waals surface area contributed by atoms with Crippen molar-refractivity contribution in [3.8, 4) is 11.4 Å². The van der Waals surface area contributed by atoms with Crippen LogP contribution in [0.3, 0.4) is 0 Å². The van der Waals surface area contributed by atoms with Crippen LogP contribution in [0.4, 0.5) is 11.6 Å². The molecule has 0 saturated carbocycles. The van der Waals surface area contributed by atoms with Crippen LogP contribution in [0.15, 0.2) is 95.4 Å². The highest BCUT2D eigenvalue weighted by atomic mass is 16.7. The molecule has 3 aromatic heterocycles. The third-order valence-electron chi connectivity index (χ3n) is 6.83. The Morgan fingerprint density at radius 3 is 1.57 bits per heavy atom. The first-order valence-corrected chi connectivity index (χ1v) is 14.7. The molecule has 12 nitrogen and oxygen atoms in total. The summed E-state index contributed by atoms with van der Waals surface area (Å²) in [4.78, 5) is 18.7. The number of anilines is 2. The average Bonchev–Trinajstić information content (AvgIpc) is 3.81. The summed E-state index contributed by atoms with van der Waals surface area (Å²) in [6.07, 6.45) is 7.48. The number of rotatable bonds is 13. The Balaban J connectivity index is 1.38. The van der Waals surface area contributed by atoms with Crippen LogP contribution in [-0.2, 0) is 18.9 Å². The molecule has 2 aliphatic heterocycles. The minimum absolute atomic E-state index is 0.302. The Morgan fingerprint density at radius 1 is 0.636 bits per heavy atom. The highest BCUT2D eigenvalue weighted by molar-refractivity contribution is 5.78. The van der Waals surface area contributed by atoms with Crippen LogP contribution in [0.2, 0.25) is 0 Å². The van der Waals surface area contributed by atoms with E-state index in [-0.39, 0.29) is 12.6 Å². The van der Waals surface area contributed by atoms with Crippen LogP contribution in [0, 0.1) is 0 Å². The van der Waals surface area contributed by atoms with E-state index in [0.717, 1.165) is 17.0 Å². The number of nitrogens with zero attached hydrogens (tertiary/aromatic N) is 8. The van der Waals surface area contributed by atoms with Crippen molar-refractivity contribution >= 4 is 24.1 Å². The van der Waals surface area contributed by atoms with Crippen molar-refractivity contribution in [2.45, 2.75) is 25.4 Å². The summed E-state index contributed by atoms with van der Waals surface area (Å²) in [6.45, 7) is 3.29. The Hall–Kier alpha value is -4.62. The molecular weight excluding hydrogens is 560 g/mol. The zero-order valence-electron chi connectivity index (χ0n) is 24.3. The predicted molar refractivity (Wildman–Crippen MR) is 166 cm³/mol. The molecule has 0 spiro atoms. The maximum absolute atomic E-state index is 5.71. The molecule has 0 N–H and O–H groups in total. The van der Waals surface area contributed by atoms with E-state index in [1.54, 1.807) is 24.8 Å². The van der Waals surface area contributed by atoms with E-state index < -0.39 is 0 Å². The van der Waals surface area contributed by atoms with Gasteiger partial charge in [0.15, 0.2) is 30.0 Å². The van der Waals surface area contributed by atoms with Crippen molar-refractivity contribution in [1.29, 1.82) is 0 Å². The lowest BCUT2D eigenvalue weighted by atomic mass is 10.2. The van der Waals surface area contributed by atoms with Crippen LogP contribution in [0.5, 0.6) is 0 Å². The second-order valence-electron chi connectivity index (χ2n) is 9.94. The molecule has 2 aliphatic rings. The van der Waals surface area contributed by atoms with Crippen molar-refractivity contribution in [3.05, 3.63) is 96.6 Å². The second-order valence-corrected chi connectivity index (χ2v) is 9.94. The maximum atomic E-state index is 5.71. The van der Waals surface area contributed by atoms with Crippen LogP contribution >= 0.6 is 0 Å². The molecule has 4 aromatic rings. The van der Waals surface area contributed by atoms with Crippen LogP contribution in [-0.4, -0.2) is 84.5 Å². The summed E-state index contributed by atoms with van der Waals surface area (Å²) in [7, 11) is 0. The molecule has 0 amide bonds. The third-order valence-corrected chi connectivity index (χ3v) is 6.83. The molecule has 0 atom stereocenters. The maximum Gasteiger partial charge on any atom is 0.164 e. The minimum atomic E-state index is -0.302. The first-order chi connectivity index (χ1) is 21.8. The smallest absolute Gasteiger partial charge is 0.164 e. The van der Waals surface area contributed by atoms with E-state index in [1.165, 1.54) is 0 Å². The van der Waals surface area contributed by atoms with Crippen molar-refractivity contribution in [3.63, 3.8) is 0 Å².